The molecule has 19 heavy (non-hydrogen) atoms. The van der Waals surface area contributed by atoms with Gasteiger partial charge < -0.3 is 10.2 Å². The Labute approximate surface area is 113 Å². The highest BCUT2D eigenvalue weighted by Crippen LogP contribution is 2.24. The number of benzene rings is 1. The Hall–Kier alpha value is -1.69. The summed E-state index contributed by atoms with van der Waals surface area (Å²) >= 11 is 0. The average molecular weight is 278 g/mol. The number of hydrogen-bond acceptors (Lipinski definition) is 3. The number of nitrogens with one attached hydrogen (secondary N) is 1. The number of amides is 2. The third kappa shape index (κ3) is 2.40. The van der Waals surface area contributed by atoms with E-state index in [1.807, 2.05) is 6.07 Å². The van der Waals surface area contributed by atoms with Gasteiger partial charge in [0.15, 0.2) is 0 Å². The summed E-state index contributed by atoms with van der Waals surface area (Å²) in [6.07, 6.45) is 0.381. The summed E-state index contributed by atoms with van der Waals surface area (Å²) in [4.78, 5) is 25.3. The van der Waals surface area contributed by atoms with Gasteiger partial charge in [0.2, 0.25) is 5.91 Å². The molecule has 1 saturated heterocycles. The van der Waals surface area contributed by atoms with Crippen LogP contribution in [0.2, 0.25) is 0 Å². The van der Waals surface area contributed by atoms with Crippen molar-refractivity contribution in [3.05, 3.63) is 29.3 Å². The summed E-state index contributed by atoms with van der Waals surface area (Å²) in [6.45, 7) is 1.07. The molecule has 1 aromatic carbocycles. The molecule has 0 unspecified atom stereocenters. The van der Waals surface area contributed by atoms with Crippen LogP contribution in [-0.4, -0.2) is 45.5 Å². The van der Waals surface area contributed by atoms with Crippen LogP contribution in [0, 0.1) is 0 Å². The zero-order valence-electron chi connectivity index (χ0n) is 10.3. The first kappa shape index (κ1) is 12.3. The van der Waals surface area contributed by atoms with Gasteiger partial charge in [-0.25, -0.2) is 0 Å². The van der Waals surface area contributed by atoms with Crippen molar-refractivity contribution in [3.63, 3.8) is 0 Å². The monoisotopic (exact) mass is 278 g/mol. The van der Waals surface area contributed by atoms with Gasteiger partial charge in [-0.3, -0.25) is 13.8 Å². The van der Waals surface area contributed by atoms with Crippen molar-refractivity contribution in [1.82, 2.24) is 4.90 Å². The van der Waals surface area contributed by atoms with Crippen LogP contribution in [0.15, 0.2) is 18.2 Å². The van der Waals surface area contributed by atoms with Crippen LogP contribution in [0.4, 0.5) is 5.69 Å². The zero-order chi connectivity index (χ0) is 13.4. The molecular formula is C13H14N2O3S. The molecule has 3 rings (SSSR count). The Morgan fingerprint density at radius 2 is 2.00 bits per heavy atom. The lowest BCUT2D eigenvalue weighted by molar-refractivity contribution is -0.115. The van der Waals surface area contributed by atoms with Gasteiger partial charge in [0.25, 0.3) is 5.91 Å². The molecular weight excluding hydrogens is 264 g/mol. The third-order valence-electron chi connectivity index (χ3n) is 3.45. The van der Waals surface area contributed by atoms with Crippen LogP contribution < -0.4 is 5.32 Å². The van der Waals surface area contributed by atoms with Crippen molar-refractivity contribution >= 4 is 28.3 Å². The molecule has 0 spiro atoms. The molecule has 2 heterocycles. The smallest absolute Gasteiger partial charge is 0.253 e. The summed E-state index contributed by atoms with van der Waals surface area (Å²) in [7, 11) is -0.789. The third-order valence-corrected chi connectivity index (χ3v) is 4.72. The molecule has 1 N–H and O–H groups in total. The number of carbonyl (C=O) groups is 2. The Morgan fingerprint density at radius 3 is 2.74 bits per heavy atom. The van der Waals surface area contributed by atoms with Crippen LogP contribution in [0.1, 0.15) is 15.9 Å². The number of fused-ring (bicyclic) bond motifs is 1. The standard InChI is InChI=1S/C13H14N2O3S/c16-12-8-9-1-2-10(7-11(9)14-12)13(17)15-3-5-19(18)6-4-15/h1-2,7H,3-6,8H2,(H,14,16). The lowest BCUT2D eigenvalue weighted by Crippen LogP contribution is -2.41. The summed E-state index contributed by atoms with van der Waals surface area (Å²) in [5, 5.41) is 2.74. The summed E-state index contributed by atoms with van der Waals surface area (Å²) in [5.41, 5.74) is 2.24. The zero-order valence-corrected chi connectivity index (χ0v) is 11.2. The van der Waals surface area contributed by atoms with Gasteiger partial charge in [0, 0.05) is 46.6 Å². The van der Waals surface area contributed by atoms with Gasteiger partial charge in [-0.1, -0.05) is 6.07 Å². The highest BCUT2D eigenvalue weighted by Gasteiger charge is 2.23. The summed E-state index contributed by atoms with van der Waals surface area (Å²) in [5.74, 6) is 1.01. The molecule has 6 heteroatoms. The quantitative estimate of drug-likeness (QED) is 0.808. The fourth-order valence-corrected chi connectivity index (χ4v) is 3.42. The number of rotatable bonds is 1. The Bertz CT molecular complexity index is 575. The van der Waals surface area contributed by atoms with Gasteiger partial charge in [-0.2, -0.15) is 0 Å². The number of hydrogen-bond donors (Lipinski definition) is 1. The maximum Gasteiger partial charge on any atom is 0.253 e. The fraction of sp³-hybridized carbons (Fsp3) is 0.385. The molecule has 2 aliphatic rings. The van der Waals surface area contributed by atoms with Gasteiger partial charge >= 0.3 is 0 Å². The highest BCUT2D eigenvalue weighted by atomic mass is 32.2. The number of anilines is 1. The van der Waals surface area contributed by atoms with Gasteiger partial charge in [-0.05, 0) is 17.7 Å². The Balaban J connectivity index is 1.79. The molecule has 2 aliphatic heterocycles. The van der Waals surface area contributed by atoms with Crippen molar-refractivity contribution < 1.29 is 13.8 Å². The molecule has 0 saturated carbocycles. The lowest BCUT2D eigenvalue weighted by Gasteiger charge is -2.26. The van der Waals surface area contributed by atoms with E-state index in [1.165, 1.54) is 0 Å². The minimum Gasteiger partial charge on any atom is -0.337 e. The van der Waals surface area contributed by atoms with Crippen molar-refractivity contribution in [2.75, 3.05) is 29.9 Å². The number of carbonyl (C=O) groups excluding carboxylic acids is 2. The lowest BCUT2D eigenvalue weighted by atomic mass is 10.1. The maximum atomic E-state index is 12.3. The predicted molar refractivity (Wildman–Crippen MR) is 72.6 cm³/mol. The van der Waals surface area contributed by atoms with Crippen LogP contribution in [0.5, 0.6) is 0 Å². The SMILES string of the molecule is O=C1Cc2ccc(C(=O)N3CCS(=O)CC3)cc2N1. The molecule has 0 aromatic heterocycles. The maximum absolute atomic E-state index is 12.3. The van der Waals surface area contributed by atoms with Crippen LogP contribution >= 0.6 is 0 Å². The van der Waals surface area contributed by atoms with E-state index in [4.69, 9.17) is 0 Å². The van der Waals surface area contributed by atoms with Crippen LogP contribution in [-0.2, 0) is 22.0 Å². The predicted octanol–water partition coefficient (Wildman–Crippen LogP) is 0.386. The average Bonchev–Trinajstić information content (AvgIpc) is 2.77. The first-order valence-electron chi connectivity index (χ1n) is 6.20. The molecule has 1 aromatic rings. The van der Waals surface area contributed by atoms with Crippen molar-refractivity contribution in [2.24, 2.45) is 0 Å². The topological polar surface area (TPSA) is 66.5 Å². The van der Waals surface area contributed by atoms with E-state index in [2.05, 4.69) is 5.32 Å². The van der Waals surface area contributed by atoms with Gasteiger partial charge in [0.05, 0.1) is 6.42 Å². The number of nitrogens with zero attached hydrogens (tertiary/aromatic N) is 1. The van der Waals surface area contributed by atoms with E-state index in [0.717, 1.165) is 11.3 Å². The normalized spacial score (nSPS) is 19.2. The second kappa shape index (κ2) is 4.77. The van der Waals surface area contributed by atoms with E-state index in [9.17, 15) is 13.8 Å². The molecule has 1 fully saturated rings. The summed E-state index contributed by atoms with van der Waals surface area (Å²) in [6, 6.07) is 5.31. The van der Waals surface area contributed by atoms with E-state index in [1.54, 1.807) is 17.0 Å². The van der Waals surface area contributed by atoms with Gasteiger partial charge in [-0.15, -0.1) is 0 Å². The molecule has 0 atom stereocenters. The second-order valence-corrected chi connectivity index (χ2v) is 6.43. The van der Waals surface area contributed by atoms with Crippen molar-refractivity contribution in [3.8, 4) is 0 Å². The summed E-state index contributed by atoms with van der Waals surface area (Å²) < 4.78 is 11.3. The minimum atomic E-state index is -0.789. The van der Waals surface area contributed by atoms with Gasteiger partial charge in [0.1, 0.15) is 0 Å². The fourth-order valence-electron chi connectivity index (χ4n) is 2.37. The van der Waals surface area contributed by atoms with E-state index >= 15 is 0 Å². The molecule has 0 bridgehead atoms. The molecule has 5 nitrogen and oxygen atoms in total. The van der Waals surface area contributed by atoms with Crippen LogP contribution in [0.3, 0.4) is 0 Å². The largest absolute Gasteiger partial charge is 0.337 e. The molecule has 2 amide bonds. The van der Waals surface area contributed by atoms with E-state index in [0.29, 0.717) is 36.6 Å². The molecule has 0 aliphatic carbocycles. The first-order chi connectivity index (χ1) is 9.13. The molecule has 100 valence electrons. The van der Waals surface area contributed by atoms with E-state index < -0.39 is 10.8 Å². The first-order valence-corrected chi connectivity index (χ1v) is 7.69. The molecule has 0 radical (unpaired) electrons. The van der Waals surface area contributed by atoms with Crippen molar-refractivity contribution in [1.29, 1.82) is 0 Å². The van der Waals surface area contributed by atoms with E-state index in [-0.39, 0.29) is 11.8 Å². The Kier molecular flexibility index (Phi) is 3.10. The second-order valence-electron chi connectivity index (χ2n) is 4.74. The minimum absolute atomic E-state index is 0.0343. The van der Waals surface area contributed by atoms with Crippen molar-refractivity contribution in [2.45, 2.75) is 6.42 Å². The highest BCUT2D eigenvalue weighted by molar-refractivity contribution is 7.85. The Morgan fingerprint density at radius 1 is 1.26 bits per heavy atom. The van der Waals surface area contributed by atoms with Crippen LogP contribution in [0.25, 0.3) is 0 Å².